The molecule has 3 aromatic rings. The van der Waals surface area contributed by atoms with Crippen molar-refractivity contribution in [3.8, 4) is 0 Å². The highest BCUT2D eigenvalue weighted by Gasteiger charge is 2.22. The van der Waals surface area contributed by atoms with E-state index in [0.717, 1.165) is 0 Å². The zero-order valence-electron chi connectivity index (χ0n) is 14.1. The average molecular weight is 348 g/mol. The van der Waals surface area contributed by atoms with Crippen LogP contribution in [0, 0.1) is 0 Å². The van der Waals surface area contributed by atoms with Gasteiger partial charge in [-0.2, -0.15) is 0 Å². The molecule has 0 aromatic heterocycles. The SMILES string of the molecule is C=C(C)C(=O)OCC(=O)c1c2ccccc2c(C(=O)O)c2ccccc12. The molecule has 0 heterocycles. The molecule has 0 unspecified atom stereocenters. The first-order valence-corrected chi connectivity index (χ1v) is 7.94. The summed E-state index contributed by atoms with van der Waals surface area (Å²) in [6.45, 7) is 4.55. The Labute approximate surface area is 149 Å². The molecule has 0 saturated heterocycles. The fourth-order valence-corrected chi connectivity index (χ4v) is 2.99. The third-order valence-corrected chi connectivity index (χ3v) is 4.11. The monoisotopic (exact) mass is 348 g/mol. The predicted molar refractivity (Wildman–Crippen MR) is 98.5 cm³/mol. The van der Waals surface area contributed by atoms with E-state index in [1.807, 2.05) is 0 Å². The van der Waals surface area contributed by atoms with Gasteiger partial charge in [0.2, 0.25) is 5.78 Å². The van der Waals surface area contributed by atoms with Crippen molar-refractivity contribution in [2.24, 2.45) is 0 Å². The molecule has 130 valence electrons. The maximum atomic E-state index is 12.8. The highest BCUT2D eigenvalue weighted by Crippen LogP contribution is 2.33. The van der Waals surface area contributed by atoms with Crippen LogP contribution in [0.1, 0.15) is 27.6 Å². The zero-order chi connectivity index (χ0) is 18.8. The summed E-state index contributed by atoms with van der Waals surface area (Å²) in [5.41, 5.74) is 0.691. The van der Waals surface area contributed by atoms with Crippen LogP contribution in [0.3, 0.4) is 0 Å². The number of aromatic carboxylic acids is 1. The molecule has 0 amide bonds. The van der Waals surface area contributed by atoms with Gasteiger partial charge in [-0.15, -0.1) is 0 Å². The Balaban J connectivity index is 2.25. The number of carbonyl (C=O) groups excluding carboxylic acids is 2. The number of Topliss-reactive ketones (excluding diaryl/α,β-unsaturated/α-hetero) is 1. The molecule has 0 aliphatic rings. The van der Waals surface area contributed by atoms with Crippen molar-refractivity contribution in [3.63, 3.8) is 0 Å². The molecule has 0 atom stereocenters. The number of carbonyl (C=O) groups is 3. The first kappa shape index (κ1) is 17.4. The number of fused-ring (bicyclic) bond motifs is 2. The lowest BCUT2D eigenvalue weighted by Crippen LogP contribution is -2.15. The molecule has 0 fully saturated rings. The number of benzene rings is 3. The van der Waals surface area contributed by atoms with E-state index in [9.17, 15) is 19.5 Å². The second kappa shape index (κ2) is 6.80. The minimum absolute atomic E-state index is 0.145. The van der Waals surface area contributed by atoms with Gasteiger partial charge in [0, 0.05) is 11.1 Å². The summed E-state index contributed by atoms with van der Waals surface area (Å²) in [7, 11) is 0. The first-order chi connectivity index (χ1) is 12.4. The maximum absolute atomic E-state index is 12.8. The number of ketones is 1. The fraction of sp³-hybridized carbons (Fsp3) is 0.0952. The van der Waals surface area contributed by atoms with Crippen molar-refractivity contribution >= 4 is 39.3 Å². The van der Waals surface area contributed by atoms with Crippen LogP contribution in [-0.4, -0.2) is 29.4 Å². The van der Waals surface area contributed by atoms with Gasteiger partial charge in [0.25, 0.3) is 0 Å². The summed E-state index contributed by atoms with van der Waals surface area (Å²) in [5, 5.41) is 11.6. The first-order valence-electron chi connectivity index (χ1n) is 7.94. The zero-order valence-corrected chi connectivity index (χ0v) is 14.1. The van der Waals surface area contributed by atoms with E-state index in [-0.39, 0.29) is 11.1 Å². The molecule has 1 N–H and O–H groups in total. The van der Waals surface area contributed by atoms with Crippen LogP contribution >= 0.6 is 0 Å². The highest BCUT2D eigenvalue weighted by molar-refractivity contribution is 6.25. The van der Waals surface area contributed by atoms with Crippen molar-refractivity contribution < 1.29 is 24.2 Å². The quantitative estimate of drug-likeness (QED) is 0.326. The Morgan fingerprint density at radius 2 is 1.31 bits per heavy atom. The third-order valence-electron chi connectivity index (χ3n) is 4.11. The van der Waals surface area contributed by atoms with Crippen molar-refractivity contribution in [2.45, 2.75) is 6.92 Å². The topological polar surface area (TPSA) is 80.7 Å². The van der Waals surface area contributed by atoms with Gasteiger partial charge in [0.1, 0.15) is 0 Å². The minimum atomic E-state index is -1.06. The molecule has 5 heteroatoms. The Kier molecular flexibility index (Phi) is 4.54. The second-order valence-corrected chi connectivity index (χ2v) is 5.93. The van der Waals surface area contributed by atoms with Crippen LogP contribution in [0.4, 0.5) is 0 Å². The van der Waals surface area contributed by atoms with Gasteiger partial charge >= 0.3 is 11.9 Å². The third kappa shape index (κ3) is 2.95. The van der Waals surface area contributed by atoms with Gasteiger partial charge in [-0.25, -0.2) is 9.59 Å². The van der Waals surface area contributed by atoms with Crippen LogP contribution in [-0.2, 0) is 9.53 Å². The fourth-order valence-electron chi connectivity index (χ4n) is 2.99. The Hall–Kier alpha value is -3.47. The number of ether oxygens (including phenoxy) is 1. The molecule has 0 saturated carbocycles. The Morgan fingerprint density at radius 1 is 0.885 bits per heavy atom. The van der Waals surface area contributed by atoms with Crippen molar-refractivity contribution in [3.05, 3.63) is 71.8 Å². The second-order valence-electron chi connectivity index (χ2n) is 5.93. The van der Waals surface area contributed by atoms with E-state index >= 15 is 0 Å². The van der Waals surface area contributed by atoms with Gasteiger partial charge in [0.05, 0.1) is 5.56 Å². The van der Waals surface area contributed by atoms with Crippen LogP contribution in [0.15, 0.2) is 60.7 Å². The Morgan fingerprint density at radius 3 is 1.69 bits per heavy atom. The summed E-state index contributed by atoms with van der Waals surface area (Å²) in [6, 6.07) is 13.6. The molecule has 3 aromatic carbocycles. The summed E-state index contributed by atoms with van der Waals surface area (Å²) < 4.78 is 4.99. The standard InChI is InChI=1S/C21H16O5/c1-12(2)21(25)26-11-17(22)18-13-7-3-5-9-15(13)19(20(23)24)16-10-6-4-8-14(16)18/h3-10H,1,11H2,2H3,(H,23,24). The van der Waals surface area contributed by atoms with Crippen molar-refractivity contribution in [1.29, 1.82) is 0 Å². The molecule has 3 rings (SSSR count). The number of carboxylic acid groups (broad SMARTS) is 1. The van der Waals surface area contributed by atoms with E-state index in [1.54, 1.807) is 48.5 Å². The molecule has 0 bridgehead atoms. The molecule has 0 spiro atoms. The minimum Gasteiger partial charge on any atom is -0.478 e. The van der Waals surface area contributed by atoms with Crippen LogP contribution in [0.5, 0.6) is 0 Å². The summed E-state index contributed by atoms with van der Waals surface area (Å²) in [6.07, 6.45) is 0. The number of rotatable bonds is 5. The number of carboxylic acids is 1. The summed E-state index contributed by atoms with van der Waals surface area (Å²) in [4.78, 5) is 36.3. The van der Waals surface area contributed by atoms with E-state index < -0.39 is 24.3 Å². The number of hydrogen-bond acceptors (Lipinski definition) is 4. The lowest BCUT2D eigenvalue weighted by atomic mass is 9.90. The van der Waals surface area contributed by atoms with E-state index in [1.165, 1.54) is 6.92 Å². The molecule has 0 radical (unpaired) electrons. The van der Waals surface area contributed by atoms with Crippen LogP contribution in [0.25, 0.3) is 21.5 Å². The number of esters is 1. The lowest BCUT2D eigenvalue weighted by Gasteiger charge is -2.14. The molecular formula is C21H16O5. The predicted octanol–water partition coefficient (Wildman–Crippen LogP) is 3.99. The molecule has 0 aliphatic heterocycles. The summed E-state index contributed by atoms with van der Waals surface area (Å²) in [5.74, 6) is -2.11. The van der Waals surface area contributed by atoms with Crippen molar-refractivity contribution in [2.75, 3.05) is 6.61 Å². The maximum Gasteiger partial charge on any atom is 0.336 e. The van der Waals surface area contributed by atoms with Crippen LogP contribution < -0.4 is 0 Å². The normalized spacial score (nSPS) is 10.7. The average Bonchev–Trinajstić information content (AvgIpc) is 2.63. The van der Waals surface area contributed by atoms with E-state index in [4.69, 9.17) is 4.74 Å². The lowest BCUT2D eigenvalue weighted by molar-refractivity contribution is -0.137. The van der Waals surface area contributed by atoms with Gasteiger partial charge in [-0.05, 0) is 28.5 Å². The Bertz CT molecular complexity index is 1020. The molecule has 0 aliphatic carbocycles. The largest absolute Gasteiger partial charge is 0.478 e. The summed E-state index contributed by atoms with van der Waals surface area (Å²) >= 11 is 0. The van der Waals surface area contributed by atoms with E-state index in [2.05, 4.69) is 6.58 Å². The molecule has 5 nitrogen and oxygen atoms in total. The van der Waals surface area contributed by atoms with Gasteiger partial charge < -0.3 is 9.84 Å². The van der Waals surface area contributed by atoms with Gasteiger partial charge in [-0.3, -0.25) is 4.79 Å². The van der Waals surface area contributed by atoms with Crippen molar-refractivity contribution in [1.82, 2.24) is 0 Å². The van der Waals surface area contributed by atoms with Crippen LogP contribution in [0.2, 0.25) is 0 Å². The van der Waals surface area contributed by atoms with Gasteiger partial charge in [0.15, 0.2) is 6.61 Å². The smallest absolute Gasteiger partial charge is 0.336 e. The number of hydrogen-bond donors (Lipinski definition) is 1. The molecule has 26 heavy (non-hydrogen) atoms. The van der Waals surface area contributed by atoms with Gasteiger partial charge in [-0.1, -0.05) is 55.1 Å². The van der Waals surface area contributed by atoms with E-state index in [0.29, 0.717) is 27.1 Å². The highest BCUT2D eigenvalue weighted by atomic mass is 16.5. The molecular weight excluding hydrogens is 332 g/mol.